The Morgan fingerprint density at radius 1 is 1.00 bits per heavy atom. The van der Waals surface area contributed by atoms with Crippen molar-refractivity contribution in [1.29, 1.82) is 0 Å². The Balaban J connectivity index is -0.0000000267. The summed E-state index contributed by atoms with van der Waals surface area (Å²) in [5.74, 6) is 0. The zero-order chi connectivity index (χ0) is 4.50. The Bertz CT molecular complexity index is 60.2. The van der Waals surface area contributed by atoms with Gasteiger partial charge in [0.2, 0.25) is 0 Å². The molecule has 0 aliphatic carbocycles. The van der Waals surface area contributed by atoms with Gasteiger partial charge in [0.15, 0.2) is 0 Å². The normalized spacial score (nSPS) is 7.38. The van der Waals surface area contributed by atoms with Crippen molar-refractivity contribution in [1.82, 2.24) is 0 Å². The van der Waals surface area contributed by atoms with Crippen molar-refractivity contribution in [3.8, 4) is 0 Å². The van der Waals surface area contributed by atoms with E-state index < -0.39 is 7.82 Å². The van der Waals surface area contributed by atoms with E-state index in [0.29, 0.717) is 0 Å². The molecule has 0 aromatic heterocycles. The van der Waals surface area contributed by atoms with Crippen LogP contribution in [0.5, 0.6) is 0 Å². The molecule has 42 valence electrons. The van der Waals surface area contributed by atoms with Crippen molar-refractivity contribution in [3.63, 3.8) is 0 Å². The van der Waals surface area contributed by atoms with Gasteiger partial charge in [0.1, 0.15) is 0 Å². The second-order valence-corrected chi connectivity index (χ2v) is 1.54. The zero-order valence-electron chi connectivity index (χ0n) is 2.20. The van der Waals surface area contributed by atoms with Crippen LogP contribution < -0.4 is 0 Å². The summed E-state index contributed by atoms with van der Waals surface area (Å²) in [6.07, 6.45) is 0. The van der Waals surface area contributed by atoms with E-state index in [-0.39, 0.29) is 97.5 Å². The summed E-state index contributed by atoms with van der Waals surface area (Å²) in [5, 5.41) is 0. The summed E-state index contributed by atoms with van der Waals surface area (Å²) in [6.45, 7) is 0. The van der Waals surface area contributed by atoms with Gasteiger partial charge in [0.25, 0.3) is 0 Å². The Hall–Kier alpha value is 3.28. The summed E-state index contributed by atoms with van der Waals surface area (Å²) in [4.78, 5) is 21.6. The molecule has 0 amide bonds. The van der Waals surface area contributed by atoms with Crippen LogP contribution in [0.4, 0.5) is 0 Å². The molecule has 0 aromatic rings. The quantitative estimate of drug-likeness (QED) is 0.275. The Morgan fingerprint density at radius 3 is 1.00 bits per heavy atom. The van der Waals surface area contributed by atoms with E-state index in [0.717, 1.165) is 0 Å². The third-order valence-corrected chi connectivity index (χ3v) is 0. The molecule has 4 nitrogen and oxygen atoms in total. The van der Waals surface area contributed by atoms with Crippen LogP contribution in [0.2, 0.25) is 0 Å². The molecule has 8 heteroatoms. The molecule has 0 fully saturated rings. The van der Waals surface area contributed by atoms with Gasteiger partial charge in [-0.1, -0.05) is 0 Å². The van der Waals surface area contributed by atoms with Gasteiger partial charge in [0, 0.05) is 0 Å². The van der Waals surface area contributed by atoms with Crippen LogP contribution in [0.25, 0.3) is 0 Å². The topological polar surface area (TPSA) is 77.8 Å². The number of rotatable bonds is 0. The van der Waals surface area contributed by atoms with Crippen molar-refractivity contribution < 1.29 is 19.2 Å². The minimum absolute atomic E-state index is 0. The molecule has 0 unspecified atom stereocenters. The average Bonchev–Trinajstić information content (AvgIpc) is 0.722. The number of phosphoric acid groups is 1. The molecule has 3 N–H and O–H groups in total. The van der Waals surface area contributed by atoms with Gasteiger partial charge in [-0.25, -0.2) is 4.57 Å². The van der Waals surface area contributed by atoms with Gasteiger partial charge in [0.05, 0.1) is 0 Å². The van der Waals surface area contributed by atoms with Gasteiger partial charge < -0.3 is 14.7 Å². The SMILES string of the molecule is O=P(O)(O)O.[KH].[MgH2].[MgH2]. The molecule has 0 atom stereocenters. The first-order valence-corrected chi connectivity index (χ1v) is 2.35. The van der Waals surface area contributed by atoms with Gasteiger partial charge in [-0.2, -0.15) is 0 Å². The molecule has 0 spiro atoms. The molecule has 0 aliphatic heterocycles. The van der Waals surface area contributed by atoms with Crippen molar-refractivity contribution in [2.24, 2.45) is 0 Å². The summed E-state index contributed by atoms with van der Waals surface area (Å²) < 4.78 is 8.88. The fraction of sp³-hybridized carbons (Fsp3) is 0. The molecule has 0 saturated carbocycles. The van der Waals surface area contributed by atoms with Gasteiger partial charge in [-0.05, 0) is 0 Å². The predicted octanol–water partition coefficient (Wildman–Crippen LogP) is -3.41. The third kappa shape index (κ3) is 59.2. The molecule has 8 heavy (non-hydrogen) atoms. The molecule has 0 radical (unpaired) electrons. The van der Waals surface area contributed by atoms with Crippen LogP contribution in [-0.2, 0) is 4.57 Å². The maximum Gasteiger partial charge on any atom is 0.316 e. The van der Waals surface area contributed by atoms with Gasteiger partial charge >= 0.3 is 105 Å². The molecule has 0 bridgehead atoms. The fourth-order valence-electron chi connectivity index (χ4n) is 0. The first kappa shape index (κ1) is 22.5. The third-order valence-electron chi connectivity index (χ3n) is 0. The van der Waals surface area contributed by atoms with E-state index in [4.69, 9.17) is 19.2 Å². The Kier molecular flexibility index (Phi) is 28.9. The van der Waals surface area contributed by atoms with Crippen LogP contribution in [0.15, 0.2) is 0 Å². The standard InChI is InChI=1S/K.2Mg.H3O4P.5H/c;;;1-5(2,3)4;;;;;/h;;;(H3,1,2,3,4);;;;;. The molecule has 0 saturated heterocycles. The van der Waals surface area contributed by atoms with Crippen molar-refractivity contribution in [2.45, 2.75) is 0 Å². The van der Waals surface area contributed by atoms with Crippen LogP contribution in [0.1, 0.15) is 0 Å². The van der Waals surface area contributed by atoms with E-state index in [1.54, 1.807) is 0 Å². The first-order valence-electron chi connectivity index (χ1n) is 0.783. The summed E-state index contributed by atoms with van der Waals surface area (Å²) in [6, 6.07) is 0. The molecule has 0 aliphatic rings. The molecule has 0 heterocycles. The summed E-state index contributed by atoms with van der Waals surface area (Å²) >= 11 is 0. The number of hydrogen-bond acceptors (Lipinski definition) is 1. The van der Waals surface area contributed by atoms with Crippen LogP contribution in [0, 0.1) is 0 Å². The van der Waals surface area contributed by atoms with E-state index in [2.05, 4.69) is 0 Å². The Morgan fingerprint density at radius 2 is 1.00 bits per heavy atom. The van der Waals surface area contributed by atoms with Crippen molar-refractivity contribution in [2.75, 3.05) is 0 Å². The van der Waals surface area contributed by atoms with Gasteiger partial charge in [-0.15, -0.1) is 0 Å². The van der Waals surface area contributed by atoms with Crippen LogP contribution in [-0.4, -0.2) is 112 Å². The van der Waals surface area contributed by atoms with Crippen molar-refractivity contribution in [3.05, 3.63) is 0 Å². The summed E-state index contributed by atoms with van der Waals surface area (Å²) in [7, 11) is -4.64. The maximum atomic E-state index is 8.88. The molecule has 0 aromatic carbocycles. The minimum atomic E-state index is -4.64. The fourth-order valence-corrected chi connectivity index (χ4v) is 0. The van der Waals surface area contributed by atoms with Crippen LogP contribution >= 0.6 is 7.82 Å². The monoisotopic (exact) mass is 190 g/mol. The number of hydrogen-bond donors (Lipinski definition) is 3. The van der Waals surface area contributed by atoms with E-state index in [9.17, 15) is 0 Å². The van der Waals surface area contributed by atoms with Gasteiger partial charge in [-0.3, -0.25) is 0 Å². The largest absolute Gasteiger partial charge is 0.316 e. The first-order chi connectivity index (χ1) is 2.00. The summed E-state index contributed by atoms with van der Waals surface area (Å²) in [5.41, 5.74) is 0. The maximum absolute atomic E-state index is 8.88. The molecule has 0 rings (SSSR count). The molecular weight excluding hydrogens is 183 g/mol. The average molecular weight is 191 g/mol. The zero-order valence-corrected chi connectivity index (χ0v) is 3.09. The second-order valence-electron chi connectivity index (χ2n) is 0.513. The smallest absolute Gasteiger partial charge is 0.316 e. The molecular formula is H8KMg2O4P. The van der Waals surface area contributed by atoms with E-state index in [1.165, 1.54) is 0 Å². The van der Waals surface area contributed by atoms with E-state index in [1.807, 2.05) is 0 Å². The van der Waals surface area contributed by atoms with E-state index >= 15 is 0 Å². The minimum Gasteiger partial charge on any atom is 0.316 e. The van der Waals surface area contributed by atoms with Crippen LogP contribution in [0.3, 0.4) is 0 Å². The predicted molar refractivity (Wildman–Crippen MR) is 38.5 cm³/mol. The second kappa shape index (κ2) is 10.3. The van der Waals surface area contributed by atoms with Crippen molar-refractivity contribution >= 4 is 105 Å². The Labute approximate surface area is 122 Å².